The van der Waals surface area contributed by atoms with Gasteiger partial charge in [-0.05, 0) is 44.4 Å². The first-order valence-corrected chi connectivity index (χ1v) is 11.9. The van der Waals surface area contributed by atoms with Gasteiger partial charge in [0.1, 0.15) is 10.8 Å². The van der Waals surface area contributed by atoms with E-state index in [1.807, 2.05) is 13.8 Å². The molecule has 0 atom stereocenters. The SMILES string of the molecule is CC(C)NC(=O)c1nnc(CCCCn2cc(C(=O)NCc3cccc(OC(C)(F)F)c3)nn2)s1. The van der Waals surface area contributed by atoms with Crippen LogP contribution in [0.25, 0.3) is 0 Å². The first kappa shape index (κ1) is 26.1. The number of hydrogen-bond donors (Lipinski definition) is 2. The van der Waals surface area contributed by atoms with Crippen molar-refractivity contribution in [2.75, 3.05) is 0 Å². The van der Waals surface area contributed by atoms with Crippen molar-refractivity contribution in [3.8, 4) is 5.75 Å². The summed E-state index contributed by atoms with van der Waals surface area (Å²) in [7, 11) is 0. The predicted molar refractivity (Wildman–Crippen MR) is 124 cm³/mol. The average molecular weight is 508 g/mol. The first-order chi connectivity index (χ1) is 16.6. The number of ether oxygens (including phenoxy) is 1. The Bertz CT molecular complexity index is 1140. The van der Waals surface area contributed by atoms with Crippen molar-refractivity contribution in [3.63, 3.8) is 0 Å². The molecule has 0 saturated heterocycles. The fourth-order valence-corrected chi connectivity index (χ4v) is 3.82. The van der Waals surface area contributed by atoms with E-state index >= 15 is 0 Å². The van der Waals surface area contributed by atoms with Crippen LogP contribution in [-0.4, -0.2) is 49.2 Å². The first-order valence-electron chi connectivity index (χ1n) is 11.1. The lowest BCUT2D eigenvalue weighted by Crippen LogP contribution is -2.29. The molecule has 0 unspecified atom stereocenters. The second kappa shape index (κ2) is 11.8. The maximum atomic E-state index is 13.0. The maximum Gasteiger partial charge on any atom is 0.394 e. The predicted octanol–water partition coefficient (Wildman–Crippen LogP) is 3.21. The molecule has 0 spiro atoms. The van der Waals surface area contributed by atoms with Gasteiger partial charge in [0.05, 0.1) is 6.20 Å². The fourth-order valence-electron chi connectivity index (χ4n) is 3.03. The van der Waals surface area contributed by atoms with Gasteiger partial charge in [0.25, 0.3) is 11.8 Å². The smallest absolute Gasteiger partial charge is 0.394 e. The molecule has 13 heteroatoms. The Hall–Kier alpha value is -3.48. The molecule has 0 aliphatic rings. The number of rotatable bonds is 12. The molecule has 1 aromatic carbocycles. The fraction of sp³-hybridized carbons (Fsp3) is 0.455. The number of halogens is 2. The maximum absolute atomic E-state index is 13.0. The van der Waals surface area contributed by atoms with Crippen molar-refractivity contribution in [3.05, 3.63) is 51.7 Å². The molecule has 2 aromatic heterocycles. The molecule has 35 heavy (non-hydrogen) atoms. The molecular weight excluding hydrogens is 480 g/mol. The zero-order valence-electron chi connectivity index (χ0n) is 19.6. The topological polar surface area (TPSA) is 124 Å². The van der Waals surface area contributed by atoms with Gasteiger partial charge in [-0.25, -0.2) is 0 Å². The van der Waals surface area contributed by atoms with E-state index < -0.39 is 12.0 Å². The van der Waals surface area contributed by atoms with Crippen LogP contribution in [0.4, 0.5) is 8.78 Å². The second-order valence-electron chi connectivity index (χ2n) is 8.19. The monoisotopic (exact) mass is 507 g/mol. The number of aryl methyl sites for hydroxylation is 2. The summed E-state index contributed by atoms with van der Waals surface area (Å²) < 4.78 is 32.1. The Balaban J connectivity index is 1.41. The van der Waals surface area contributed by atoms with E-state index in [4.69, 9.17) is 0 Å². The standard InChI is InChI=1S/C22H27F2N7O3S/c1-14(2)26-20(33)21-29-28-18(35-21)9-4-5-10-31-13-17(27-30-31)19(32)25-12-15-7-6-8-16(11-15)34-22(3,23)24/h6-8,11,13-14H,4-5,9-10,12H2,1-3H3,(H,25,32)(H,26,33). The molecule has 3 aromatic rings. The van der Waals surface area contributed by atoms with Crippen LogP contribution in [0.1, 0.15) is 64.5 Å². The number of amides is 2. The Morgan fingerprint density at radius 3 is 2.71 bits per heavy atom. The van der Waals surface area contributed by atoms with Gasteiger partial charge in [0.15, 0.2) is 5.69 Å². The quantitative estimate of drug-likeness (QED) is 0.361. The van der Waals surface area contributed by atoms with Gasteiger partial charge in [-0.3, -0.25) is 14.3 Å². The minimum atomic E-state index is -3.29. The summed E-state index contributed by atoms with van der Waals surface area (Å²) in [4.78, 5) is 24.3. The molecule has 0 aliphatic heterocycles. The molecule has 188 valence electrons. The van der Waals surface area contributed by atoms with E-state index in [0.29, 0.717) is 30.5 Å². The van der Waals surface area contributed by atoms with Gasteiger partial charge in [-0.1, -0.05) is 28.7 Å². The molecule has 0 saturated carbocycles. The van der Waals surface area contributed by atoms with Gasteiger partial charge in [-0.2, -0.15) is 8.78 Å². The van der Waals surface area contributed by atoms with Crippen LogP contribution in [0.2, 0.25) is 0 Å². The summed E-state index contributed by atoms with van der Waals surface area (Å²) in [6.07, 6.45) is 0.515. The molecular formula is C22H27F2N7O3S. The number of alkyl halides is 2. The lowest BCUT2D eigenvalue weighted by Gasteiger charge is -2.13. The van der Waals surface area contributed by atoms with Crippen molar-refractivity contribution < 1.29 is 23.1 Å². The lowest BCUT2D eigenvalue weighted by atomic mass is 10.2. The zero-order chi connectivity index (χ0) is 25.4. The Labute approximate surface area is 205 Å². The molecule has 0 fully saturated rings. The molecule has 3 rings (SSSR count). The molecule has 0 radical (unpaired) electrons. The lowest BCUT2D eigenvalue weighted by molar-refractivity contribution is -0.159. The van der Waals surface area contributed by atoms with Crippen LogP contribution in [0, 0.1) is 0 Å². The third-order valence-electron chi connectivity index (χ3n) is 4.53. The van der Waals surface area contributed by atoms with Crippen molar-refractivity contribution >= 4 is 23.2 Å². The van der Waals surface area contributed by atoms with Gasteiger partial charge >= 0.3 is 6.11 Å². The third kappa shape index (κ3) is 8.67. The number of hydrogen-bond acceptors (Lipinski definition) is 8. The van der Waals surface area contributed by atoms with E-state index in [9.17, 15) is 18.4 Å². The van der Waals surface area contributed by atoms with Gasteiger partial charge in [0.2, 0.25) is 5.01 Å². The van der Waals surface area contributed by atoms with Gasteiger partial charge in [-0.15, -0.1) is 15.3 Å². The number of carbonyl (C=O) groups is 2. The summed E-state index contributed by atoms with van der Waals surface area (Å²) >= 11 is 1.28. The van der Waals surface area contributed by atoms with Crippen molar-refractivity contribution in [2.45, 2.75) is 65.3 Å². The highest BCUT2D eigenvalue weighted by Crippen LogP contribution is 2.21. The summed E-state index contributed by atoms with van der Waals surface area (Å²) in [5, 5.41) is 22.5. The summed E-state index contributed by atoms with van der Waals surface area (Å²) in [5.41, 5.74) is 0.761. The molecule has 0 aliphatic carbocycles. The molecule has 2 amide bonds. The number of aromatic nitrogens is 5. The highest BCUT2D eigenvalue weighted by atomic mass is 32.1. The van der Waals surface area contributed by atoms with E-state index in [2.05, 4.69) is 35.9 Å². The van der Waals surface area contributed by atoms with Gasteiger partial charge < -0.3 is 15.4 Å². The molecule has 10 nitrogen and oxygen atoms in total. The molecule has 0 bridgehead atoms. The number of carbonyl (C=O) groups excluding carboxylic acids is 2. The van der Waals surface area contributed by atoms with Crippen molar-refractivity contribution in [1.29, 1.82) is 0 Å². The Morgan fingerprint density at radius 1 is 1.17 bits per heavy atom. The van der Waals surface area contributed by atoms with E-state index in [0.717, 1.165) is 17.8 Å². The van der Waals surface area contributed by atoms with Crippen LogP contribution < -0.4 is 15.4 Å². The highest BCUT2D eigenvalue weighted by Gasteiger charge is 2.23. The minimum Gasteiger partial charge on any atom is -0.433 e. The Kier molecular flexibility index (Phi) is 8.79. The third-order valence-corrected chi connectivity index (χ3v) is 5.51. The van der Waals surface area contributed by atoms with Crippen LogP contribution >= 0.6 is 11.3 Å². The van der Waals surface area contributed by atoms with Crippen molar-refractivity contribution in [2.24, 2.45) is 0 Å². The zero-order valence-corrected chi connectivity index (χ0v) is 20.4. The largest absolute Gasteiger partial charge is 0.433 e. The summed E-state index contributed by atoms with van der Waals surface area (Å²) in [6, 6.07) is 6.15. The van der Waals surface area contributed by atoms with Crippen LogP contribution in [-0.2, 0) is 19.5 Å². The van der Waals surface area contributed by atoms with E-state index in [1.54, 1.807) is 23.0 Å². The number of unbranched alkanes of at least 4 members (excludes halogenated alkanes) is 1. The second-order valence-corrected chi connectivity index (χ2v) is 9.26. The summed E-state index contributed by atoms with van der Waals surface area (Å²) in [6.45, 7) is 5.10. The van der Waals surface area contributed by atoms with Gasteiger partial charge in [0, 0.05) is 32.5 Å². The molecule has 2 heterocycles. The van der Waals surface area contributed by atoms with Crippen molar-refractivity contribution in [1.82, 2.24) is 35.8 Å². The minimum absolute atomic E-state index is 0.0128. The number of nitrogens with one attached hydrogen (secondary N) is 2. The van der Waals surface area contributed by atoms with E-state index in [1.165, 1.54) is 23.5 Å². The van der Waals surface area contributed by atoms with E-state index in [-0.39, 0.29) is 29.9 Å². The molecule has 2 N–H and O–H groups in total. The van der Waals surface area contributed by atoms with Crippen LogP contribution in [0.3, 0.4) is 0 Å². The number of benzene rings is 1. The number of nitrogens with zero attached hydrogens (tertiary/aromatic N) is 5. The Morgan fingerprint density at radius 2 is 1.97 bits per heavy atom. The normalized spacial score (nSPS) is 11.5. The van der Waals surface area contributed by atoms with Crippen LogP contribution in [0.15, 0.2) is 30.5 Å². The van der Waals surface area contributed by atoms with Crippen LogP contribution in [0.5, 0.6) is 5.75 Å². The highest BCUT2D eigenvalue weighted by molar-refractivity contribution is 7.13. The average Bonchev–Trinajstić information content (AvgIpc) is 3.44. The summed E-state index contributed by atoms with van der Waals surface area (Å²) in [5.74, 6) is -0.635.